The van der Waals surface area contributed by atoms with Crippen LogP contribution in [0.25, 0.3) is 0 Å². The van der Waals surface area contributed by atoms with Crippen LogP contribution in [0.2, 0.25) is 10.0 Å². The minimum absolute atomic E-state index is 0.0936. The van der Waals surface area contributed by atoms with Crippen molar-refractivity contribution >= 4 is 34.8 Å². The lowest BCUT2D eigenvalue weighted by Crippen LogP contribution is -2.12. The number of carbonyl (C=O) groups is 1. The summed E-state index contributed by atoms with van der Waals surface area (Å²) in [6.07, 6.45) is 0.790. The van der Waals surface area contributed by atoms with E-state index < -0.39 is 0 Å². The zero-order valence-corrected chi connectivity index (χ0v) is 16.1. The van der Waals surface area contributed by atoms with Crippen molar-refractivity contribution in [1.82, 2.24) is 0 Å². The van der Waals surface area contributed by atoms with E-state index in [1.54, 1.807) is 18.2 Å². The first-order valence-electron chi connectivity index (χ1n) is 8.61. The van der Waals surface area contributed by atoms with Gasteiger partial charge in [0.25, 0.3) is 0 Å². The molecule has 3 rings (SSSR count). The van der Waals surface area contributed by atoms with Crippen LogP contribution >= 0.6 is 23.2 Å². The molecule has 0 unspecified atom stereocenters. The van der Waals surface area contributed by atoms with Crippen LogP contribution in [0.4, 0.5) is 5.69 Å². The molecule has 0 spiro atoms. The van der Waals surface area contributed by atoms with E-state index in [-0.39, 0.29) is 5.91 Å². The third-order valence-electron chi connectivity index (χ3n) is 4.05. The van der Waals surface area contributed by atoms with Gasteiger partial charge in [0.15, 0.2) is 0 Å². The van der Waals surface area contributed by atoms with Crippen LogP contribution in [0, 0.1) is 0 Å². The molecule has 0 radical (unpaired) electrons. The standard InChI is InChI=1S/C22H19Cl2NO2/c23-20-7-4-8-21(24)19(20)13-14-22(26)25-17-9-11-18(12-10-17)27-15-16-5-2-1-3-6-16/h1-12H,13-15H2,(H,25,26). The normalized spacial score (nSPS) is 10.4. The first-order valence-corrected chi connectivity index (χ1v) is 9.37. The van der Waals surface area contributed by atoms with Gasteiger partial charge in [-0.25, -0.2) is 0 Å². The summed E-state index contributed by atoms with van der Waals surface area (Å²) < 4.78 is 5.74. The maximum absolute atomic E-state index is 12.2. The number of rotatable bonds is 7. The predicted octanol–water partition coefficient (Wildman–Crippen LogP) is 6.14. The quantitative estimate of drug-likeness (QED) is 0.517. The fourth-order valence-electron chi connectivity index (χ4n) is 2.61. The Bertz CT molecular complexity index is 876. The van der Waals surface area contributed by atoms with Crippen LogP contribution in [-0.4, -0.2) is 5.91 Å². The van der Waals surface area contributed by atoms with Gasteiger partial charge in [-0.3, -0.25) is 4.79 Å². The Hall–Kier alpha value is -2.49. The molecule has 3 aromatic rings. The zero-order chi connectivity index (χ0) is 19.1. The molecule has 0 atom stereocenters. The van der Waals surface area contributed by atoms with E-state index >= 15 is 0 Å². The molecule has 3 nitrogen and oxygen atoms in total. The van der Waals surface area contributed by atoms with Crippen LogP contribution in [0.1, 0.15) is 17.5 Å². The average molecular weight is 400 g/mol. The maximum Gasteiger partial charge on any atom is 0.224 e. The lowest BCUT2D eigenvalue weighted by molar-refractivity contribution is -0.116. The molecule has 0 aliphatic carbocycles. The molecule has 27 heavy (non-hydrogen) atoms. The Balaban J connectivity index is 1.49. The van der Waals surface area contributed by atoms with Crippen LogP contribution in [0.5, 0.6) is 5.75 Å². The second-order valence-electron chi connectivity index (χ2n) is 6.05. The second-order valence-corrected chi connectivity index (χ2v) is 6.86. The molecule has 0 fully saturated rings. The second kappa shape index (κ2) is 9.45. The van der Waals surface area contributed by atoms with E-state index in [9.17, 15) is 4.79 Å². The van der Waals surface area contributed by atoms with Gasteiger partial charge >= 0.3 is 0 Å². The SMILES string of the molecule is O=C(CCc1c(Cl)cccc1Cl)Nc1ccc(OCc2ccccc2)cc1. The van der Waals surface area contributed by atoms with Crippen molar-refractivity contribution in [3.05, 3.63) is 94.0 Å². The average Bonchev–Trinajstić information content (AvgIpc) is 2.68. The lowest BCUT2D eigenvalue weighted by Gasteiger charge is -2.09. The molecule has 0 saturated carbocycles. The van der Waals surface area contributed by atoms with Crippen molar-refractivity contribution in [1.29, 1.82) is 0 Å². The number of benzene rings is 3. The van der Waals surface area contributed by atoms with Gasteiger partial charge in [0.05, 0.1) is 0 Å². The Morgan fingerprint density at radius 1 is 0.852 bits per heavy atom. The number of carbonyl (C=O) groups excluding carboxylic acids is 1. The third-order valence-corrected chi connectivity index (χ3v) is 4.76. The fraction of sp³-hybridized carbons (Fsp3) is 0.136. The van der Waals surface area contributed by atoms with Crippen molar-refractivity contribution in [2.45, 2.75) is 19.4 Å². The molecule has 1 N–H and O–H groups in total. The summed E-state index contributed by atoms with van der Waals surface area (Å²) in [6, 6.07) is 22.6. The number of amides is 1. The Kier molecular flexibility index (Phi) is 6.74. The smallest absolute Gasteiger partial charge is 0.224 e. The van der Waals surface area contributed by atoms with E-state index in [4.69, 9.17) is 27.9 Å². The summed E-state index contributed by atoms with van der Waals surface area (Å²) in [5.74, 6) is 0.656. The molecule has 0 aliphatic rings. The summed E-state index contributed by atoms with van der Waals surface area (Å²) in [5.41, 5.74) is 2.62. The number of hydrogen-bond acceptors (Lipinski definition) is 2. The first kappa shape index (κ1) is 19.3. The van der Waals surface area contributed by atoms with Gasteiger partial charge in [0.2, 0.25) is 5.91 Å². The van der Waals surface area contributed by atoms with Crippen molar-refractivity contribution in [3.63, 3.8) is 0 Å². The van der Waals surface area contributed by atoms with Gasteiger partial charge in [-0.1, -0.05) is 59.6 Å². The predicted molar refractivity (Wildman–Crippen MR) is 111 cm³/mol. The summed E-state index contributed by atoms with van der Waals surface area (Å²) in [5, 5.41) is 4.03. The Morgan fingerprint density at radius 3 is 2.19 bits per heavy atom. The molecular formula is C22H19Cl2NO2. The van der Waals surface area contributed by atoms with Crippen molar-refractivity contribution in [3.8, 4) is 5.75 Å². The number of halogens is 2. The minimum Gasteiger partial charge on any atom is -0.489 e. The van der Waals surface area contributed by atoms with E-state index in [1.165, 1.54) is 0 Å². The van der Waals surface area contributed by atoms with Crippen molar-refractivity contribution in [2.24, 2.45) is 0 Å². The van der Waals surface area contributed by atoms with Crippen molar-refractivity contribution < 1.29 is 9.53 Å². The molecule has 0 saturated heterocycles. The highest BCUT2D eigenvalue weighted by Gasteiger charge is 2.09. The van der Waals surface area contributed by atoms with Gasteiger partial charge < -0.3 is 10.1 Å². The Labute approximate surface area is 168 Å². The molecule has 0 aliphatic heterocycles. The molecule has 1 amide bonds. The number of ether oxygens (including phenoxy) is 1. The van der Waals surface area contributed by atoms with Gasteiger partial charge in [-0.15, -0.1) is 0 Å². The third kappa shape index (κ3) is 5.75. The molecule has 5 heteroatoms. The van der Waals surface area contributed by atoms with E-state index in [0.717, 1.165) is 22.6 Å². The highest BCUT2D eigenvalue weighted by atomic mass is 35.5. The Morgan fingerprint density at radius 2 is 1.52 bits per heavy atom. The highest BCUT2D eigenvalue weighted by molar-refractivity contribution is 6.36. The van der Waals surface area contributed by atoms with Crippen LogP contribution < -0.4 is 10.1 Å². The molecule has 0 heterocycles. The van der Waals surface area contributed by atoms with Crippen LogP contribution in [-0.2, 0) is 17.8 Å². The van der Waals surface area contributed by atoms with Gasteiger partial charge in [-0.2, -0.15) is 0 Å². The molecule has 0 aromatic heterocycles. The summed E-state index contributed by atoms with van der Waals surface area (Å²) in [4.78, 5) is 12.2. The fourth-order valence-corrected chi connectivity index (χ4v) is 3.20. The largest absolute Gasteiger partial charge is 0.489 e. The summed E-state index contributed by atoms with van der Waals surface area (Å²) in [7, 11) is 0. The summed E-state index contributed by atoms with van der Waals surface area (Å²) in [6.45, 7) is 0.505. The number of nitrogens with one attached hydrogen (secondary N) is 1. The minimum atomic E-state index is -0.0936. The van der Waals surface area contributed by atoms with Crippen molar-refractivity contribution in [2.75, 3.05) is 5.32 Å². The van der Waals surface area contributed by atoms with Crippen LogP contribution in [0.15, 0.2) is 72.8 Å². The highest BCUT2D eigenvalue weighted by Crippen LogP contribution is 2.25. The van der Waals surface area contributed by atoms with E-state index in [0.29, 0.717) is 29.5 Å². The van der Waals surface area contributed by atoms with E-state index in [2.05, 4.69) is 5.32 Å². The topological polar surface area (TPSA) is 38.3 Å². The van der Waals surface area contributed by atoms with Crippen LogP contribution in [0.3, 0.4) is 0 Å². The molecule has 138 valence electrons. The maximum atomic E-state index is 12.2. The number of hydrogen-bond donors (Lipinski definition) is 1. The number of anilines is 1. The monoisotopic (exact) mass is 399 g/mol. The zero-order valence-electron chi connectivity index (χ0n) is 14.6. The van der Waals surface area contributed by atoms with E-state index in [1.807, 2.05) is 54.6 Å². The molecule has 0 bridgehead atoms. The molecule has 3 aromatic carbocycles. The summed E-state index contributed by atoms with van der Waals surface area (Å²) >= 11 is 12.3. The lowest BCUT2D eigenvalue weighted by atomic mass is 10.1. The van der Waals surface area contributed by atoms with Gasteiger partial charge in [-0.05, 0) is 53.9 Å². The van der Waals surface area contributed by atoms with Gasteiger partial charge in [0, 0.05) is 22.2 Å². The van der Waals surface area contributed by atoms with Gasteiger partial charge in [0.1, 0.15) is 12.4 Å². The molecular weight excluding hydrogens is 381 g/mol. The first-order chi connectivity index (χ1) is 13.1.